The molecule has 2 N–H and O–H groups in total. The van der Waals surface area contributed by atoms with E-state index in [-0.39, 0.29) is 13.2 Å². The fraction of sp³-hybridized carbons (Fsp3) is 0.556. The zero-order valence-corrected chi connectivity index (χ0v) is 19.7. The van der Waals surface area contributed by atoms with Crippen molar-refractivity contribution in [1.29, 1.82) is 0 Å². The standard InChI is InChI=1S/C13H22O.C11H16O.C3H8/c1-4-8-13(9-7-10-14)11-12(5-2)6-3;1-2-10-5-3-6-11(9-10)7-4-8-12;1-3-2/h5,8,11,14H,2,4,6-7,9-10H2,1,3H3;3,5-6,9,12H,2,4,7-8H2,1H3;3H2,1-2H3/b12-11+,13-8-;;. The number of aryl methyl sites for hydroxylation is 2. The number of allylic oxidation sites excluding steroid dienone is 5. The van der Waals surface area contributed by atoms with Crippen LogP contribution in [0.4, 0.5) is 0 Å². The molecule has 0 aliphatic carbocycles. The van der Waals surface area contributed by atoms with Crippen LogP contribution in [0.3, 0.4) is 0 Å². The van der Waals surface area contributed by atoms with E-state index in [9.17, 15) is 0 Å². The largest absolute Gasteiger partial charge is 0.396 e. The van der Waals surface area contributed by atoms with Gasteiger partial charge < -0.3 is 10.2 Å². The first-order valence-electron chi connectivity index (χ1n) is 11.4. The summed E-state index contributed by atoms with van der Waals surface area (Å²) in [4.78, 5) is 0. The normalized spacial score (nSPS) is 11.1. The molecule has 0 unspecified atom stereocenters. The maximum absolute atomic E-state index is 8.76. The maximum atomic E-state index is 8.76. The minimum absolute atomic E-state index is 0.268. The van der Waals surface area contributed by atoms with E-state index in [0.29, 0.717) is 0 Å². The molecule has 166 valence electrons. The smallest absolute Gasteiger partial charge is 0.0434 e. The lowest BCUT2D eigenvalue weighted by atomic mass is 10.0. The van der Waals surface area contributed by atoms with Crippen LogP contribution in [0.25, 0.3) is 0 Å². The third kappa shape index (κ3) is 18.1. The SMILES string of the molecule is C=C/C(=C\C(=C/CC)CCCO)CC.CCC.CCc1cccc(CCCO)c1. The van der Waals surface area contributed by atoms with Crippen molar-refractivity contribution in [3.8, 4) is 0 Å². The molecule has 1 aromatic carbocycles. The highest BCUT2D eigenvalue weighted by Gasteiger charge is 1.95. The van der Waals surface area contributed by atoms with E-state index in [1.165, 1.54) is 28.7 Å². The molecule has 0 amide bonds. The predicted octanol–water partition coefficient (Wildman–Crippen LogP) is 7.21. The molecule has 0 heterocycles. The van der Waals surface area contributed by atoms with Gasteiger partial charge in [0, 0.05) is 13.2 Å². The molecule has 0 bridgehead atoms. The number of hydrogen-bond donors (Lipinski definition) is 2. The summed E-state index contributed by atoms with van der Waals surface area (Å²) in [5.74, 6) is 0. The molecule has 0 atom stereocenters. The van der Waals surface area contributed by atoms with Crippen LogP contribution in [-0.4, -0.2) is 23.4 Å². The Morgan fingerprint density at radius 1 is 0.931 bits per heavy atom. The van der Waals surface area contributed by atoms with Crippen LogP contribution < -0.4 is 0 Å². The molecule has 0 aliphatic rings. The first kappa shape index (κ1) is 29.6. The zero-order valence-electron chi connectivity index (χ0n) is 19.7. The van der Waals surface area contributed by atoms with Crippen molar-refractivity contribution in [3.05, 3.63) is 71.3 Å². The first-order valence-corrected chi connectivity index (χ1v) is 11.4. The Morgan fingerprint density at radius 2 is 1.55 bits per heavy atom. The lowest BCUT2D eigenvalue weighted by molar-refractivity contribution is 0.288. The van der Waals surface area contributed by atoms with Crippen LogP contribution in [0.5, 0.6) is 0 Å². The molecular formula is C27H46O2. The van der Waals surface area contributed by atoms with Crippen molar-refractivity contribution >= 4 is 0 Å². The third-order valence-electron chi connectivity index (χ3n) is 4.15. The monoisotopic (exact) mass is 402 g/mol. The van der Waals surface area contributed by atoms with Crippen molar-refractivity contribution in [2.24, 2.45) is 0 Å². The summed E-state index contributed by atoms with van der Waals surface area (Å²) in [5.41, 5.74) is 5.30. The Labute approximate surface area is 181 Å². The molecule has 0 aromatic heterocycles. The fourth-order valence-electron chi connectivity index (χ4n) is 2.61. The maximum Gasteiger partial charge on any atom is 0.0434 e. The number of aliphatic hydroxyl groups is 2. The minimum atomic E-state index is 0.268. The summed E-state index contributed by atoms with van der Waals surface area (Å²) in [6.45, 7) is 15.0. The minimum Gasteiger partial charge on any atom is -0.396 e. The Morgan fingerprint density at radius 3 is 2.03 bits per heavy atom. The average Bonchev–Trinajstić information content (AvgIpc) is 2.75. The molecule has 2 nitrogen and oxygen atoms in total. The van der Waals surface area contributed by atoms with E-state index in [1.54, 1.807) is 0 Å². The van der Waals surface area contributed by atoms with Gasteiger partial charge in [-0.3, -0.25) is 0 Å². The van der Waals surface area contributed by atoms with E-state index in [0.717, 1.165) is 44.9 Å². The second-order valence-corrected chi connectivity index (χ2v) is 7.00. The van der Waals surface area contributed by atoms with Crippen LogP contribution in [0.15, 0.2) is 60.2 Å². The average molecular weight is 403 g/mol. The molecule has 0 fully saturated rings. The summed E-state index contributed by atoms with van der Waals surface area (Å²) < 4.78 is 0. The van der Waals surface area contributed by atoms with Gasteiger partial charge in [0.15, 0.2) is 0 Å². The highest BCUT2D eigenvalue weighted by Crippen LogP contribution is 2.13. The fourth-order valence-corrected chi connectivity index (χ4v) is 2.61. The molecule has 0 saturated carbocycles. The predicted molar refractivity (Wildman–Crippen MR) is 130 cm³/mol. The molecular weight excluding hydrogens is 356 g/mol. The molecule has 0 saturated heterocycles. The molecule has 0 spiro atoms. The van der Waals surface area contributed by atoms with Gasteiger partial charge in [-0.1, -0.05) is 95.7 Å². The van der Waals surface area contributed by atoms with Crippen LogP contribution >= 0.6 is 0 Å². The van der Waals surface area contributed by atoms with E-state index in [4.69, 9.17) is 10.2 Å². The third-order valence-corrected chi connectivity index (χ3v) is 4.15. The molecule has 0 aliphatic heterocycles. The van der Waals surface area contributed by atoms with Gasteiger partial charge in [-0.15, -0.1) is 0 Å². The van der Waals surface area contributed by atoms with Crippen LogP contribution in [0.2, 0.25) is 0 Å². The zero-order chi connectivity index (χ0) is 22.3. The number of hydrogen-bond acceptors (Lipinski definition) is 2. The van der Waals surface area contributed by atoms with Gasteiger partial charge in [0.25, 0.3) is 0 Å². The summed E-state index contributed by atoms with van der Waals surface area (Å²) >= 11 is 0. The van der Waals surface area contributed by atoms with Crippen molar-refractivity contribution in [2.75, 3.05) is 13.2 Å². The van der Waals surface area contributed by atoms with Gasteiger partial charge in [-0.25, -0.2) is 0 Å². The van der Waals surface area contributed by atoms with Gasteiger partial charge in [-0.05, 0) is 61.6 Å². The Balaban J connectivity index is 0. The Bertz CT molecular complexity index is 555. The van der Waals surface area contributed by atoms with Gasteiger partial charge in [-0.2, -0.15) is 0 Å². The lowest BCUT2D eigenvalue weighted by Gasteiger charge is -2.03. The highest BCUT2D eigenvalue weighted by atomic mass is 16.3. The summed E-state index contributed by atoms with van der Waals surface area (Å²) in [5, 5.41) is 17.4. The van der Waals surface area contributed by atoms with Crippen molar-refractivity contribution in [2.45, 2.75) is 86.0 Å². The quantitative estimate of drug-likeness (QED) is 0.384. The number of rotatable bonds is 11. The number of benzene rings is 1. The number of aliphatic hydroxyl groups excluding tert-OH is 2. The van der Waals surface area contributed by atoms with Crippen molar-refractivity contribution in [1.82, 2.24) is 0 Å². The van der Waals surface area contributed by atoms with Crippen LogP contribution in [0, 0.1) is 0 Å². The second kappa shape index (κ2) is 22.6. The van der Waals surface area contributed by atoms with Gasteiger partial charge in [0.1, 0.15) is 0 Å². The van der Waals surface area contributed by atoms with Crippen molar-refractivity contribution < 1.29 is 10.2 Å². The Hall–Kier alpha value is -1.64. The summed E-state index contributed by atoms with van der Waals surface area (Å²) in [6.07, 6.45) is 14.4. The molecule has 0 radical (unpaired) electrons. The molecule has 29 heavy (non-hydrogen) atoms. The van der Waals surface area contributed by atoms with E-state index in [1.807, 2.05) is 6.08 Å². The molecule has 2 heteroatoms. The van der Waals surface area contributed by atoms with E-state index in [2.05, 4.69) is 77.6 Å². The molecule has 1 aromatic rings. The van der Waals surface area contributed by atoms with Gasteiger partial charge in [0.2, 0.25) is 0 Å². The lowest BCUT2D eigenvalue weighted by Crippen LogP contribution is -1.90. The highest BCUT2D eigenvalue weighted by molar-refractivity contribution is 5.29. The Kier molecular flexibility index (Phi) is 23.1. The first-order chi connectivity index (χ1) is 14.1. The van der Waals surface area contributed by atoms with Gasteiger partial charge >= 0.3 is 0 Å². The van der Waals surface area contributed by atoms with E-state index >= 15 is 0 Å². The second-order valence-electron chi connectivity index (χ2n) is 7.00. The van der Waals surface area contributed by atoms with Crippen LogP contribution in [-0.2, 0) is 12.8 Å². The van der Waals surface area contributed by atoms with Gasteiger partial charge in [0.05, 0.1) is 0 Å². The molecule has 1 rings (SSSR count). The summed E-state index contributed by atoms with van der Waals surface area (Å²) in [6, 6.07) is 8.57. The van der Waals surface area contributed by atoms with Crippen LogP contribution in [0.1, 0.15) is 84.3 Å². The topological polar surface area (TPSA) is 40.5 Å². The van der Waals surface area contributed by atoms with E-state index < -0.39 is 0 Å². The summed E-state index contributed by atoms with van der Waals surface area (Å²) in [7, 11) is 0. The van der Waals surface area contributed by atoms with Crippen molar-refractivity contribution in [3.63, 3.8) is 0 Å².